The minimum absolute atomic E-state index is 0.0136. The number of rotatable bonds is 20. The van der Waals surface area contributed by atoms with Gasteiger partial charge in [-0.3, -0.25) is 19.2 Å². The van der Waals surface area contributed by atoms with E-state index in [0.717, 1.165) is 4.90 Å². The third-order valence-corrected chi connectivity index (χ3v) is 12.6. The number of ether oxygens (including phenoxy) is 2. The number of aromatic nitrogens is 2. The molecule has 5 rings (SSSR count). The molecule has 12 N–H and O–H groups in total. The van der Waals surface area contributed by atoms with Crippen LogP contribution in [0.2, 0.25) is 0 Å². The molecular weight excluding hydrogens is 967 g/mol. The number of aliphatic hydroxyl groups excluding tert-OH is 2. The molecule has 2 heterocycles. The van der Waals surface area contributed by atoms with Crippen molar-refractivity contribution >= 4 is 39.6 Å². The van der Waals surface area contributed by atoms with Crippen LogP contribution in [-0.2, 0) is 41.7 Å². The zero-order chi connectivity index (χ0) is 53.4. The lowest BCUT2D eigenvalue weighted by atomic mass is 9.88. The maximum atomic E-state index is 14.9. The molecule has 0 radical (unpaired) electrons. The molecule has 3 aromatic carbocycles. The minimum Gasteiger partial charge on any atom is -0.504 e. The lowest BCUT2D eigenvalue weighted by Crippen LogP contribution is -2.46. The van der Waals surface area contributed by atoms with Gasteiger partial charge >= 0.3 is 5.97 Å². The molecule has 0 saturated heterocycles. The van der Waals surface area contributed by atoms with E-state index in [1.807, 2.05) is 4.72 Å². The van der Waals surface area contributed by atoms with Gasteiger partial charge in [-0.05, 0) is 42.3 Å². The number of phenols is 1. The van der Waals surface area contributed by atoms with Gasteiger partial charge in [0.15, 0.2) is 28.9 Å². The van der Waals surface area contributed by atoms with E-state index in [0.29, 0.717) is 11.1 Å². The first kappa shape index (κ1) is 56.4. The first-order valence-electron chi connectivity index (χ1n) is 22.7. The molecular formula is C48H60F2N8O13S. The molecule has 24 heteroatoms. The van der Waals surface area contributed by atoms with Crippen molar-refractivity contribution in [3.63, 3.8) is 0 Å². The molecule has 4 aromatic rings. The Morgan fingerprint density at radius 2 is 1.58 bits per heavy atom. The Kier molecular flexibility index (Phi) is 18.6. The summed E-state index contributed by atoms with van der Waals surface area (Å²) in [5.74, 6) is -12.6. The highest BCUT2D eigenvalue weighted by atomic mass is 32.2. The number of aromatic hydroxyl groups is 1. The number of fused-ring (bicyclic) bond motifs is 5. The van der Waals surface area contributed by atoms with Gasteiger partial charge in [-0.15, -0.1) is 0 Å². The molecule has 6 atom stereocenters. The van der Waals surface area contributed by atoms with E-state index in [2.05, 4.69) is 15.3 Å². The summed E-state index contributed by atoms with van der Waals surface area (Å²) in [6, 6.07) is 8.90. The lowest BCUT2D eigenvalue weighted by molar-refractivity contribution is -0.143. The zero-order valence-electron chi connectivity index (χ0n) is 40.2. The number of nitrogens with one attached hydrogen (secondary N) is 2. The van der Waals surface area contributed by atoms with Crippen LogP contribution >= 0.6 is 0 Å². The highest BCUT2D eigenvalue weighted by Gasteiger charge is 2.38. The monoisotopic (exact) mass is 1030 g/mol. The fraction of sp³-hybridized carbons (Fsp3) is 0.438. The van der Waals surface area contributed by atoms with Crippen molar-refractivity contribution in [1.82, 2.24) is 24.9 Å². The Morgan fingerprint density at radius 3 is 2.15 bits per heavy atom. The fourth-order valence-electron chi connectivity index (χ4n) is 7.80. The van der Waals surface area contributed by atoms with Crippen LogP contribution in [-0.4, -0.2) is 131 Å². The first-order valence-corrected chi connectivity index (χ1v) is 24.3. The Bertz CT molecular complexity index is 2770. The van der Waals surface area contributed by atoms with Gasteiger partial charge in [0.2, 0.25) is 11.8 Å². The number of hydrogen-bond donors (Lipinski definition) is 9. The van der Waals surface area contributed by atoms with E-state index in [4.69, 9.17) is 26.1 Å². The number of halogens is 2. The number of carbonyl (C=O) groups excluding carboxylic acids is 4. The summed E-state index contributed by atoms with van der Waals surface area (Å²) >= 11 is 0. The molecule has 4 bridgehead atoms. The third kappa shape index (κ3) is 13.9. The van der Waals surface area contributed by atoms with Crippen LogP contribution < -0.4 is 36.1 Å². The molecule has 72 heavy (non-hydrogen) atoms. The SMILES string of the molecule is Cc1nc(-c2ccc(C(F)(F)C(C)C)cc2)ncc1C(=O)C[C@@H](CNS(N)(=O)=O)C(=O)N(C)[C@@H]1C(=O)C[C@@H](C)C(=O)N[C@H](C(=O)O)Cc2ccc(OC[C@H](O)CN)c(c2)-c2cc1cc(OC[C@H](O)CN)c2O. The number of hydrogen-bond acceptors (Lipinski definition) is 16. The van der Waals surface area contributed by atoms with Crippen LogP contribution in [0.1, 0.15) is 72.4 Å². The van der Waals surface area contributed by atoms with Gasteiger partial charge in [-0.2, -0.15) is 8.42 Å². The number of carbonyl (C=O) groups is 5. The van der Waals surface area contributed by atoms with Crippen molar-refractivity contribution in [1.29, 1.82) is 0 Å². The summed E-state index contributed by atoms with van der Waals surface area (Å²) in [6.45, 7) is 3.54. The summed E-state index contributed by atoms with van der Waals surface area (Å²) in [6.07, 6.45) is -2.87. The summed E-state index contributed by atoms with van der Waals surface area (Å²) < 4.78 is 67.7. The molecule has 0 saturated carbocycles. The van der Waals surface area contributed by atoms with Crippen molar-refractivity contribution < 1.29 is 71.1 Å². The Labute approximate surface area is 414 Å². The molecule has 0 aliphatic carbocycles. The Hall–Kier alpha value is -6.54. The molecule has 390 valence electrons. The highest BCUT2D eigenvalue weighted by Crippen LogP contribution is 2.45. The third-order valence-electron chi connectivity index (χ3n) is 12.0. The molecule has 0 spiro atoms. The van der Waals surface area contributed by atoms with Gasteiger partial charge in [-0.1, -0.05) is 51.1 Å². The number of nitrogens with two attached hydrogens (primary N) is 3. The molecule has 0 unspecified atom stereocenters. The lowest BCUT2D eigenvalue weighted by Gasteiger charge is -2.32. The smallest absolute Gasteiger partial charge is 0.326 e. The van der Waals surface area contributed by atoms with Gasteiger partial charge in [-0.25, -0.2) is 33.4 Å². The fourth-order valence-corrected chi connectivity index (χ4v) is 8.23. The average molecular weight is 1030 g/mol. The maximum Gasteiger partial charge on any atom is 0.326 e. The second-order valence-electron chi connectivity index (χ2n) is 17.9. The van der Waals surface area contributed by atoms with Crippen LogP contribution in [0.3, 0.4) is 0 Å². The molecule has 1 aliphatic rings. The van der Waals surface area contributed by atoms with Gasteiger partial charge < -0.3 is 51.6 Å². The summed E-state index contributed by atoms with van der Waals surface area (Å²) in [4.78, 5) is 79.5. The number of nitrogens with zero attached hydrogens (tertiary/aromatic N) is 3. The van der Waals surface area contributed by atoms with E-state index >= 15 is 0 Å². The Balaban J connectivity index is 1.64. The number of alkyl halides is 2. The number of ketones is 2. The standard InChI is InChI=1S/C48H60F2N8O13S/c1-24(2)48(49,50)31-9-7-28(8-10-31)44-54-21-36(26(4)56-44)38(61)16-30(20-55-72(53,68)69)46(65)58(5)42-29-15-35(43(63)41(17-29)71-23-33(60)19-52)34-13-27(6-11-40(34)70-22-32(59)18-51)14-37(47(66)67)57-45(64)25(3)12-39(42)62/h6-11,13,15,17,21,24-25,30,32-33,37,42,55,59-60,63H,12,14,16,18-20,22-23,51-52H2,1-5H3,(H,57,64)(H,66,67)(H2,53,68,69)/t25-,30+,32-,33-,37+,42+/m1/s1. The van der Waals surface area contributed by atoms with E-state index < -0.39 is 119 Å². The van der Waals surface area contributed by atoms with Crippen molar-refractivity contribution in [3.8, 4) is 39.8 Å². The number of amides is 2. The van der Waals surface area contributed by atoms with Crippen molar-refractivity contribution in [3.05, 3.63) is 88.7 Å². The normalized spacial score (nSPS) is 17.8. The molecule has 21 nitrogen and oxygen atoms in total. The van der Waals surface area contributed by atoms with E-state index in [1.165, 1.54) is 95.5 Å². The second kappa shape index (κ2) is 23.8. The molecule has 0 fully saturated rings. The van der Waals surface area contributed by atoms with Crippen molar-refractivity contribution in [2.24, 2.45) is 34.4 Å². The highest BCUT2D eigenvalue weighted by molar-refractivity contribution is 7.87. The number of carboxylic acids is 1. The topological polar surface area (TPSA) is 350 Å². The van der Waals surface area contributed by atoms with Crippen molar-refractivity contribution in [2.45, 2.75) is 77.2 Å². The number of benzene rings is 3. The second-order valence-corrected chi connectivity index (χ2v) is 19.3. The zero-order valence-corrected chi connectivity index (χ0v) is 41.0. The first-order chi connectivity index (χ1) is 33.8. The predicted octanol–water partition coefficient (Wildman–Crippen LogP) is 1.87. The van der Waals surface area contributed by atoms with Crippen LogP contribution in [0.4, 0.5) is 8.78 Å². The van der Waals surface area contributed by atoms with E-state index in [9.17, 15) is 61.6 Å². The predicted molar refractivity (Wildman–Crippen MR) is 257 cm³/mol. The number of carboxylic acid groups (broad SMARTS) is 1. The average Bonchev–Trinajstić information content (AvgIpc) is 3.33. The number of aryl methyl sites for hydroxylation is 1. The maximum absolute atomic E-state index is 14.9. The number of aliphatic hydroxyl groups is 2. The number of likely N-dealkylation sites (N-methyl/N-ethyl adjacent to an activating group) is 1. The van der Waals surface area contributed by atoms with Gasteiger partial charge in [0.05, 0.1) is 17.2 Å². The van der Waals surface area contributed by atoms with Gasteiger partial charge in [0.1, 0.15) is 43.3 Å². The largest absolute Gasteiger partial charge is 0.504 e. The molecule has 1 aromatic heterocycles. The number of Topliss-reactive ketones (excluding diaryl/α,β-unsaturated/α-hetero) is 2. The van der Waals surface area contributed by atoms with Crippen LogP contribution in [0, 0.1) is 24.7 Å². The van der Waals surface area contributed by atoms with E-state index in [-0.39, 0.29) is 77.0 Å². The van der Waals surface area contributed by atoms with Crippen LogP contribution in [0.5, 0.6) is 17.2 Å². The number of phenolic OH excluding ortho intramolecular Hbond substituents is 1. The quantitative estimate of drug-likeness (QED) is 0.0571. The van der Waals surface area contributed by atoms with Crippen LogP contribution in [0.15, 0.2) is 60.8 Å². The van der Waals surface area contributed by atoms with Crippen molar-refractivity contribution in [2.75, 3.05) is 39.9 Å². The minimum atomic E-state index is -4.51. The number of aliphatic carboxylic acids is 1. The van der Waals surface area contributed by atoms with E-state index in [1.54, 1.807) is 0 Å². The van der Waals surface area contributed by atoms with Crippen LogP contribution in [0.25, 0.3) is 22.5 Å². The molecule has 2 amide bonds. The summed E-state index contributed by atoms with van der Waals surface area (Å²) in [7, 11) is -3.34. The summed E-state index contributed by atoms with van der Waals surface area (Å²) in [5, 5.41) is 50.5. The van der Waals surface area contributed by atoms with Gasteiger partial charge in [0, 0.05) is 86.2 Å². The van der Waals surface area contributed by atoms with Gasteiger partial charge in [0.25, 0.3) is 16.1 Å². The Morgan fingerprint density at radius 1 is 0.958 bits per heavy atom. The molecule has 1 aliphatic heterocycles. The summed E-state index contributed by atoms with van der Waals surface area (Å²) in [5.41, 5.74) is 11.6.